The van der Waals surface area contributed by atoms with Crippen molar-refractivity contribution < 1.29 is 12.8 Å². The molecule has 7 heteroatoms. The lowest BCUT2D eigenvalue weighted by Gasteiger charge is -2.36. The van der Waals surface area contributed by atoms with Crippen LogP contribution in [0, 0.1) is 12.8 Å². The second-order valence-corrected chi connectivity index (χ2v) is 17.2. The highest BCUT2D eigenvalue weighted by Gasteiger charge is 2.39. The summed E-state index contributed by atoms with van der Waals surface area (Å²) in [6, 6.07) is 12.8. The van der Waals surface area contributed by atoms with Gasteiger partial charge in [-0.2, -0.15) is 0 Å². The lowest BCUT2D eigenvalue weighted by atomic mass is 9.94. The van der Waals surface area contributed by atoms with E-state index in [1.165, 1.54) is 0 Å². The molecule has 1 aliphatic carbocycles. The summed E-state index contributed by atoms with van der Waals surface area (Å²) in [5.74, 6) is 0.315. The van der Waals surface area contributed by atoms with Gasteiger partial charge in [0, 0.05) is 17.7 Å². The summed E-state index contributed by atoms with van der Waals surface area (Å²) < 4.78 is 35.4. The highest BCUT2D eigenvalue weighted by Crippen LogP contribution is 2.40. The molecule has 5 nitrogen and oxygen atoms in total. The number of hydrogen-bond donors (Lipinski definition) is 1. The monoisotopic (exact) mass is 474 g/mol. The van der Waals surface area contributed by atoms with Crippen molar-refractivity contribution in [1.29, 1.82) is 0 Å². The first-order valence-corrected chi connectivity index (χ1v) is 15.9. The Morgan fingerprint density at radius 1 is 1.12 bits per heavy atom. The van der Waals surface area contributed by atoms with Crippen LogP contribution >= 0.6 is 0 Å². The zero-order chi connectivity index (χ0) is 23.7. The van der Waals surface area contributed by atoms with Gasteiger partial charge in [-0.25, -0.2) is 13.1 Å². The molecular weight excluding hydrogens is 436 g/mol. The van der Waals surface area contributed by atoms with E-state index >= 15 is 0 Å². The second-order valence-electron chi connectivity index (χ2n) is 10.7. The molecule has 1 N–H and O–H groups in total. The maximum atomic E-state index is 13.0. The summed E-state index contributed by atoms with van der Waals surface area (Å²) >= 11 is 0. The zero-order valence-electron chi connectivity index (χ0n) is 20.5. The van der Waals surface area contributed by atoms with Gasteiger partial charge < -0.3 is 4.43 Å². The van der Waals surface area contributed by atoms with Crippen LogP contribution in [0.15, 0.2) is 47.4 Å². The van der Waals surface area contributed by atoms with E-state index in [2.05, 4.69) is 45.5 Å². The molecule has 0 amide bonds. The van der Waals surface area contributed by atoms with E-state index in [0.717, 1.165) is 29.8 Å². The highest BCUT2D eigenvalue weighted by atomic mass is 32.2. The van der Waals surface area contributed by atoms with E-state index in [4.69, 9.17) is 9.41 Å². The van der Waals surface area contributed by atoms with Crippen molar-refractivity contribution in [2.45, 2.75) is 89.1 Å². The fraction of sp³-hybridized carbons (Fsp3) is 0.560. The number of aryl methyl sites for hydroxylation is 1. The van der Waals surface area contributed by atoms with Crippen LogP contribution in [0.2, 0.25) is 18.1 Å². The van der Waals surface area contributed by atoms with Crippen molar-refractivity contribution >= 4 is 18.3 Å². The van der Waals surface area contributed by atoms with Crippen molar-refractivity contribution in [2.24, 2.45) is 5.92 Å². The molecule has 2 aromatic rings. The number of hydrogen-bond acceptors (Lipinski definition) is 4. The van der Waals surface area contributed by atoms with Gasteiger partial charge in [-0.15, -0.1) is 0 Å². The molecule has 0 aliphatic heterocycles. The molecule has 1 aromatic carbocycles. The van der Waals surface area contributed by atoms with Crippen molar-refractivity contribution in [3.05, 3.63) is 59.4 Å². The normalized spacial score (nSPS) is 17.2. The molecule has 0 radical (unpaired) electrons. The van der Waals surface area contributed by atoms with Crippen molar-refractivity contribution in [1.82, 2.24) is 9.71 Å². The summed E-state index contributed by atoms with van der Waals surface area (Å²) in [5, 5.41) is 0.142. The first kappa shape index (κ1) is 25.1. The average Bonchev–Trinajstić information content (AvgIpc) is 3.55. The molecule has 32 heavy (non-hydrogen) atoms. The van der Waals surface area contributed by atoms with Gasteiger partial charge in [0.2, 0.25) is 10.0 Å². The van der Waals surface area contributed by atoms with E-state index in [-0.39, 0.29) is 17.0 Å². The Balaban J connectivity index is 1.76. The third-order valence-corrected chi connectivity index (χ3v) is 12.9. The van der Waals surface area contributed by atoms with Crippen LogP contribution in [-0.2, 0) is 21.1 Å². The maximum absolute atomic E-state index is 13.0. The molecule has 176 valence electrons. The van der Waals surface area contributed by atoms with Crippen molar-refractivity contribution in [3.63, 3.8) is 0 Å². The Bertz CT molecular complexity index is 1030. The van der Waals surface area contributed by atoms with Crippen LogP contribution in [0.25, 0.3) is 0 Å². The molecule has 1 aliphatic rings. The molecule has 1 saturated carbocycles. The first-order chi connectivity index (χ1) is 14.8. The van der Waals surface area contributed by atoms with Crippen LogP contribution in [-0.4, -0.2) is 27.8 Å². The van der Waals surface area contributed by atoms with Gasteiger partial charge in [0.05, 0.1) is 17.2 Å². The number of nitrogens with zero attached hydrogens (tertiary/aromatic N) is 1. The second kappa shape index (κ2) is 9.37. The third-order valence-electron chi connectivity index (χ3n) is 6.97. The Labute approximate surface area is 195 Å². The van der Waals surface area contributed by atoms with Gasteiger partial charge in [0.15, 0.2) is 8.32 Å². The Kier molecular flexibility index (Phi) is 7.35. The highest BCUT2D eigenvalue weighted by molar-refractivity contribution is 7.89. The van der Waals surface area contributed by atoms with Crippen LogP contribution in [0.1, 0.15) is 63.4 Å². The van der Waals surface area contributed by atoms with E-state index in [1.807, 2.05) is 37.3 Å². The minimum atomic E-state index is -3.59. The van der Waals surface area contributed by atoms with Crippen molar-refractivity contribution in [2.75, 3.05) is 0 Å². The number of aromatic nitrogens is 1. The van der Waals surface area contributed by atoms with Gasteiger partial charge in [-0.3, -0.25) is 4.98 Å². The van der Waals surface area contributed by atoms with E-state index in [1.54, 1.807) is 12.1 Å². The Morgan fingerprint density at radius 3 is 2.31 bits per heavy atom. The van der Waals surface area contributed by atoms with Crippen molar-refractivity contribution in [3.8, 4) is 0 Å². The van der Waals surface area contributed by atoms with Crippen LogP contribution in [0.5, 0.6) is 0 Å². The molecule has 0 saturated heterocycles. The molecule has 1 aromatic heterocycles. The molecule has 1 heterocycles. The fourth-order valence-electron chi connectivity index (χ4n) is 3.51. The van der Waals surface area contributed by atoms with Gasteiger partial charge in [-0.1, -0.05) is 51.5 Å². The summed E-state index contributed by atoms with van der Waals surface area (Å²) in [4.78, 5) is 5.18. The summed E-state index contributed by atoms with van der Waals surface area (Å²) in [5.41, 5.74) is 2.84. The van der Waals surface area contributed by atoms with Crippen LogP contribution < -0.4 is 4.72 Å². The van der Waals surface area contributed by atoms with Gasteiger partial charge >= 0.3 is 0 Å². The minimum Gasteiger partial charge on any atom is -0.411 e. The number of nitrogens with one attached hydrogen (secondary N) is 1. The quantitative estimate of drug-likeness (QED) is 0.468. The smallest absolute Gasteiger partial charge is 0.240 e. The predicted molar refractivity (Wildman–Crippen MR) is 133 cm³/mol. The van der Waals surface area contributed by atoms with Crippen LogP contribution in [0.4, 0.5) is 0 Å². The average molecular weight is 475 g/mol. The lowest BCUT2D eigenvalue weighted by molar-refractivity contribution is 0.271. The number of benzene rings is 1. The molecule has 0 bridgehead atoms. The number of rotatable bonds is 9. The third kappa shape index (κ3) is 6.07. The largest absolute Gasteiger partial charge is 0.411 e. The molecule has 1 fully saturated rings. The topological polar surface area (TPSA) is 68.3 Å². The molecule has 0 spiro atoms. The van der Waals surface area contributed by atoms with Gasteiger partial charge in [0.1, 0.15) is 0 Å². The summed E-state index contributed by atoms with van der Waals surface area (Å²) in [6.45, 7) is 15.7. The van der Waals surface area contributed by atoms with E-state index in [9.17, 15) is 8.42 Å². The van der Waals surface area contributed by atoms with E-state index in [0.29, 0.717) is 17.4 Å². The predicted octanol–water partition coefficient (Wildman–Crippen LogP) is 5.77. The van der Waals surface area contributed by atoms with Gasteiger partial charge in [0.25, 0.3) is 0 Å². The van der Waals surface area contributed by atoms with Gasteiger partial charge in [-0.05, 0) is 68.1 Å². The Morgan fingerprint density at radius 2 is 1.75 bits per heavy atom. The number of sulfonamides is 1. The van der Waals surface area contributed by atoms with E-state index < -0.39 is 18.3 Å². The molecule has 2 atom stereocenters. The lowest BCUT2D eigenvalue weighted by Crippen LogP contribution is -2.41. The zero-order valence-corrected chi connectivity index (χ0v) is 22.3. The standard InChI is InChI=1S/C25H38N2O3SSi/c1-18-11-15-22(16-12-18)31(28,29)27-24(20-13-14-20)19(2)23-10-8-9-21(26-23)17-30-32(6,7)25(3,4)5/h8-12,15-16,19-20,24,27H,13-14,17H2,1-7H3/t19-,24+/m0/s1. The molecular formula is C25H38N2O3SSi. The summed E-state index contributed by atoms with van der Waals surface area (Å²) in [7, 11) is -5.45. The maximum Gasteiger partial charge on any atom is 0.240 e. The fourth-order valence-corrected chi connectivity index (χ4v) is 5.84. The van der Waals surface area contributed by atoms with Crippen LogP contribution in [0.3, 0.4) is 0 Å². The minimum absolute atomic E-state index is 0.0319. The summed E-state index contributed by atoms with van der Waals surface area (Å²) in [6.07, 6.45) is 2.08. The molecule has 0 unspecified atom stereocenters. The molecule has 3 rings (SSSR count). The Hall–Kier alpha value is -1.54. The number of pyridine rings is 1. The SMILES string of the molecule is Cc1ccc(S(=O)(=O)N[C@@H](C2CC2)[C@@H](C)c2cccc(CO[Si](C)(C)C(C)(C)C)n2)cc1. The first-order valence-electron chi connectivity index (χ1n) is 11.5.